The van der Waals surface area contributed by atoms with E-state index in [0.717, 1.165) is 35.4 Å². The molecule has 2 aliphatic heterocycles. The van der Waals surface area contributed by atoms with Crippen LogP contribution < -0.4 is 10.1 Å². The molecular weight excluding hydrogens is 352 g/mol. The van der Waals surface area contributed by atoms with E-state index in [9.17, 15) is 9.59 Å². The van der Waals surface area contributed by atoms with E-state index in [1.807, 2.05) is 60.4 Å². The van der Waals surface area contributed by atoms with Gasteiger partial charge in [-0.1, -0.05) is 37.3 Å². The summed E-state index contributed by atoms with van der Waals surface area (Å²) in [5.74, 6) is 0.878. The average molecular weight is 376 g/mol. The van der Waals surface area contributed by atoms with Crippen LogP contribution >= 0.6 is 0 Å². The smallest absolute Gasteiger partial charge is 0.237 e. The number of methoxy groups -OCH3 is 1. The predicted octanol–water partition coefficient (Wildman–Crippen LogP) is 3.66. The van der Waals surface area contributed by atoms with Crippen LogP contribution in [0.3, 0.4) is 0 Å². The summed E-state index contributed by atoms with van der Waals surface area (Å²) in [4.78, 5) is 28.7. The summed E-state index contributed by atoms with van der Waals surface area (Å²) in [7, 11) is 1.63. The van der Waals surface area contributed by atoms with Crippen molar-refractivity contribution in [3.8, 4) is 5.75 Å². The molecule has 1 saturated heterocycles. The molecule has 5 heteroatoms. The van der Waals surface area contributed by atoms with Crippen LogP contribution in [0.4, 0.5) is 5.69 Å². The van der Waals surface area contributed by atoms with Crippen LogP contribution in [0.2, 0.25) is 0 Å². The van der Waals surface area contributed by atoms with Gasteiger partial charge in [-0.05, 0) is 48.6 Å². The first kappa shape index (κ1) is 17.3. The lowest BCUT2D eigenvalue weighted by Gasteiger charge is -2.35. The Balaban J connectivity index is 1.69. The van der Waals surface area contributed by atoms with Gasteiger partial charge >= 0.3 is 0 Å². The second-order valence-corrected chi connectivity index (χ2v) is 8.46. The van der Waals surface area contributed by atoms with Gasteiger partial charge in [-0.2, -0.15) is 0 Å². The lowest BCUT2D eigenvalue weighted by molar-refractivity contribution is -0.138. The van der Waals surface area contributed by atoms with E-state index in [0.29, 0.717) is 13.0 Å². The van der Waals surface area contributed by atoms with Crippen LogP contribution in [0.25, 0.3) is 0 Å². The molecule has 2 heterocycles. The van der Waals surface area contributed by atoms with Gasteiger partial charge in [-0.3, -0.25) is 9.59 Å². The summed E-state index contributed by atoms with van der Waals surface area (Å²) in [6, 6.07) is 15.3. The Hall–Kier alpha value is -2.82. The third-order valence-electron chi connectivity index (χ3n) is 6.77. The van der Waals surface area contributed by atoms with Crippen molar-refractivity contribution < 1.29 is 14.3 Å². The molecule has 0 unspecified atom stereocenters. The van der Waals surface area contributed by atoms with Gasteiger partial charge in [0.1, 0.15) is 11.2 Å². The van der Waals surface area contributed by atoms with Gasteiger partial charge in [0.2, 0.25) is 11.8 Å². The molecule has 1 saturated carbocycles. The number of rotatable bonds is 3. The molecule has 2 fully saturated rings. The quantitative estimate of drug-likeness (QED) is 0.889. The topological polar surface area (TPSA) is 58.6 Å². The molecule has 2 atom stereocenters. The van der Waals surface area contributed by atoms with Crippen molar-refractivity contribution in [2.45, 2.75) is 37.6 Å². The molecule has 0 bridgehead atoms. The zero-order valence-corrected chi connectivity index (χ0v) is 16.2. The molecule has 0 radical (unpaired) electrons. The maximum absolute atomic E-state index is 13.4. The Labute approximate surface area is 164 Å². The zero-order chi connectivity index (χ0) is 19.5. The highest BCUT2D eigenvalue weighted by Gasteiger charge is 2.61. The number of carbonyl (C=O) groups is 2. The zero-order valence-electron chi connectivity index (χ0n) is 16.2. The van der Waals surface area contributed by atoms with Crippen LogP contribution in [-0.2, 0) is 15.0 Å². The minimum absolute atomic E-state index is 0.0160. The second kappa shape index (κ2) is 5.84. The molecule has 5 nitrogen and oxygen atoms in total. The van der Waals surface area contributed by atoms with Crippen LogP contribution in [0, 0.1) is 5.41 Å². The number of nitrogens with zero attached hydrogens (tertiary/aromatic N) is 1. The van der Waals surface area contributed by atoms with Crippen LogP contribution in [0.15, 0.2) is 48.5 Å². The summed E-state index contributed by atoms with van der Waals surface area (Å²) in [5, 5.41) is 3.06. The molecule has 144 valence electrons. The number of ether oxygens (including phenoxy) is 1. The number of hydrogen-bond donors (Lipinski definition) is 1. The summed E-state index contributed by atoms with van der Waals surface area (Å²) < 4.78 is 5.43. The van der Waals surface area contributed by atoms with Crippen molar-refractivity contribution in [1.29, 1.82) is 0 Å². The number of fused-ring (bicyclic) bond motifs is 2. The van der Waals surface area contributed by atoms with Crippen molar-refractivity contribution in [1.82, 2.24) is 4.90 Å². The number of hydrogen-bond acceptors (Lipinski definition) is 3. The number of nitrogens with one attached hydrogen (secondary N) is 1. The van der Waals surface area contributed by atoms with Crippen LogP contribution in [-0.4, -0.2) is 30.4 Å². The van der Waals surface area contributed by atoms with E-state index in [2.05, 4.69) is 5.32 Å². The van der Waals surface area contributed by atoms with Crippen molar-refractivity contribution in [2.24, 2.45) is 5.41 Å². The van der Waals surface area contributed by atoms with Gasteiger partial charge in [-0.25, -0.2) is 0 Å². The molecular formula is C23H24N2O3. The van der Waals surface area contributed by atoms with E-state index in [1.165, 1.54) is 0 Å². The highest BCUT2D eigenvalue weighted by Crippen LogP contribution is 2.57. The predicted molar refractivity (Wildman–Crippen MR) is 106 cm³/mol. The number of anilines is 1. The Morgan fingerprint density at radius 2 is 1.93 bits per heavy atom. The van der Waals surface area contributed by atoms with E-state index in [4.69, 9.17) is 4.74 Å². The van der Waals surface area contributed by atoms with Gasteiger partial charge in [0, 0.05) is 17.6 Å². The summed E-state index contributed by atoms with van der Waals surface area (Å²) in [6.07, 6.45) is 2.46. The van der Waals surface area contributed by atoms with E-state index < -0.39 is 5.41 Å². The van der Waals surface area contributed by atoms with Crippen LogP contribution in [0.5, 0.6) is 5.75 Å². The van der Waals surface area contributed by atoms with Crippen molar-refractivity contribution in [2.75, 3.05) is 19.0 Å². The Kier molecular flexibility index (Phi) is 3.60. The monoisotopic (exact) mass is 376 g/mol. The lowest BCUT2D eigenvalue weighted by atomic mass is 9.72. The van der Waals surface area contributed by atoms with Crippen molar-refractivity contribution >= 4 is 17.5 Å². The second-order valence-electron chi connectivity index (χ2n) is 8.46. The molecule has 1 N–H and O–H groups in total. The number of amides is 2. The minimum atomic E-state index is -0.760. The standard InChI is InChI=1S/C23H24N2O3/c1-22(10-11-22)21(27)25-13-12-23(17-8-3-4-9-18(17)24-20(23)26)19(25)15-6-5-7-16(14-15)28-2/h3-9,14,19H,10-13H2,1-2H3,(H,24,26)/t19-,23+/m0/s1. The van der Waals surface area contributed by atoms with Gasteiger partial charge in [0.05, 0.1) is 13.2 Å². The highest BCUT2D eigenvalue weighted by atomic mass is 16.5. The van der Waals surface area contributed by atoms with Gasteiger partial charge in [0.15, 0.2) is 0 Å². The lowest BCUT2D eigenvalue weighted by Crippen LogP contribution is -2.44. The van der Waals surface area contributed by atoms with Gasteiger partial charge in [-0.15, -0.1) is 0 Å². The van der Waals surface area contributed by atoms with E-state index in [-0.39, 0.29) is 23.3 Å². The molecule has 2 amide bonds. The number of likely N-dealkylation sites (tertiary alicyclic amines) is 1. The first-order chi connectivity index (χ1) is 13.5. The third-order valence-corrected chi connectivity index (χ3v) is 6.77. The number of benzene rings is 2. The largest absolute Gasteiger partial charge is 0.497 e. The van der Waals surface area contributed by atoms with E-state index >= 15 is 0 Å². The maximum atomic E-state index is 13.4. The Morgan fingerprint density at radius 1 is 1.14 bits per heavy atom. The van der Waals surface area contributed by atoms with E-state index in [1.54, 1.807) is 7.11 Å². The summed E-state index contributed by atoms with van der Waals surface area (Å²) in [6.45, 7) is 2.61. The maximum Gasteiger partial charge on any atom is 0.237 e. The molecule has 2 aromatic rings. The molecule has 1 spiro atoms. The minimum Gasteiger partial charge on any atom is -0.497 e. The fourth-order valence-corrected chi connectivity index (χ4v) is 4.93. The van der Waals surface area contributed by atoms with Crippen molar-refractivity contribution in [3.63, 3.8) is 0 Å². The van der Waals surface area contributed by atoms with Crippen LogP contribution in [0.1, 0.15) is 43.4 Å². The Bertz CT molecular complexity index is 981. The molecule has 28 heavy (non-hydrogen) atoms. The molecule has 5 rings (SSSR count). The number of carbonyl (C=O) groups excluding carboxylic acids is 2. The summed E-state index contributed by atoms with van der Waals surface area (Å²) in [5.41, 5.74) is 1.75. The molecule has 0 aromatic heterocycles. The van der Waals surface area contributed by atoms with Gasteiger partial charge < -0.3 is 15.0 Å². The number of para-hydroxylation sites is 1. The SMILES string of the molecule is COc1cccc([C@@H]2N(C(=O)C3(C)CC3)CC[C@]23C(=O)Nc2ccccc23)c1. The fourth-order valence-electron chi connectivity index (χ4n) is 4.93. The molecule has 3 aliphatic rings. The highest BCUT2D eigenvalue weighted by molar-refractivity contribution is 6.08. The first-order valence-corrected chi connectivity index (χ1v) is 9.86. The average Bonchev–Trinajstić information content (AvgIpc) is 3.24. The fraction of sp³-hybridized carbons (Fsp3) is 0.391. The van der Waals surface area contributed by atoms with Gasteiger partial charge in [0.25, 0.3) is 0 Å². The van der Waals surface area contributed by atoms with Crippen molar-refractivity contribution in [3.05, 3.63) is 59.7 Å². The normalized spacial score (nSPS) is 26.9. The first-order valence-electron chi connectivity index (χ1n) is 9.86. The molecule has 2 aromatic carbocycles. The third kappa shape index (κ3) is 2.25. The molecule has 1 aliphatic carbocycles. The Morgan fingerprint density at radius 3 is 2.68 bits per heavy atom. The summed E-state index contributed by atoms with van der Waals surface area (Å²) >= 11 is 0.